The Bertz CT molecular complexity index is 379. The van der Waals surface area contributed by atoms with Crippen LogP contribution in [0.25, 0.3) is 0 Å². The van der Waals surface area contributed by atoms with Crippen LogP contribution in [0.1, 0.15) is 10.4 Å². The van der Waals surface area contributed by atoms with Gasteiger partial charge in [-0.25, -0.2) is 4.68 Å². The first kappa shape index (κ1) is 9.14. The molecule has 0 aliphatic rings. The first-order valence-electron chi connectivity index (χ1n) is 4.26. The normalized spacial score (nSPS) is 10.4. The summed E-state index contributed by atoms with van der Waals surface area (Å²) in [6.45, 7) is 2.88. The number of tetrazole rings is 1. The van der Waals surface area contributed by atoms with Crippen molar-refractivity contribution in [1.29, 1.82) is 0 Å². The molecule has 0 aliphatic carbocycles. The topological polar surface area (TPSA) is 55.6 Å². The zero-order valence-electron chi connectivity index (χ0n) is 8.06. The minimum Gasteiger partial charge on any atom is -0.348 e. The lowest BCUT2D eigenvalue weighted by molar-refractivity contribution is 0.712. The van der Waals surface area contributed by atoms with Crippen LogP contribution in [0.5, 0.6) is 0 Å². The average Bonchev–Trinajstić information content (AvgIpc) is 2.72. The van der Waals surface area contributed by atoms with E-state index in [2.05, 4.69) is 39.2 Å². The molecule has 0 unspecified atom stereocenters. The molecule has 0 bridgehead atoms. The maximum Gasteiger partial charge on any atom is 0.242 e. The van der Waals surface area contributed by atoms with Gasteiger partial charge in [-0.05, 0) is 34.4 Å². The summed E-state index contributed by atoms with van der Waals surface area (Å²) in [5, 5.41) is 16.4. The SMILES string of the molecule is Cc1ccsc1CNc1nnnn1C. The van der Waals surface area contributed by atoms with E-state index in [0.29, 0.717) is 5.95 Å². The van der Waals surface area contributed by atoms with Gasteiger partial charge in [0, 0.05) is 11.9 Å². The van der Waals surface area contributed by atoms with Crippen molar-refractivity contribution < 1.29 is 0 Å². The fraction of sp³-hybridized carbons (Fsp3) is 0.375. The van der Waals surface area contributed by atoms with Crippen LogP contribution in [-0.4, -0.2) is 20.2 Å². The number of nitrogens with one attached hydrogen (secondary N) is 1. The standard InChI is InChI=1S/C8H11N5S/c1-6-3-4-14-7(6)5-9-8-10-11-12-13(8)2/h3-4H,5H2,1-2H3,(H,9,10,12). The molecular weight excluding hydrogens is 198 g/mol. The zero-order valence-corrected chi connectivity index (χ0v) is 8.88. The molecule has 2 heterocycles. The second-order valence-electron chi connectivity index (χ2n) is 3.01. The van der Waals surface area contributed by atoms with Gasteiger partial charge in [0.1, 0.15) is 0 Å². The molecule has 2 aromatic rings. The highest BCUT2D eigenvalue weighted by Gasteiger charge is 2.03. The summed E-state index contributed by atoms with van der Waals surface area (Å²) in [6.07, 6.45) is 0. The molecule has 0 saturated heterocycles. The van der Waals surface area contributed by atoms with Gasteiger partial charge >= 0.3 is 0 Å². The van der Waals surface area contributed by atoms with Crippen LogP contribution in [0.3, 0.4) is 0 Å². The highest BCUT2D eigenvalue weighted by Crippen LogP contribution is 2.16. The van der Waals surface area contributed by atoms with Gasteiger partial charge in [0.2, 0.25) is 5.95 Å². The quantitative estimate of drug-likeness (QED) is 0.825. The lowest BCUT2D eigenvalue weighted by Gasteiger charge is -2.02. The fourth-order valence-corrected chi connectivity index (χ4v) is 1.97. The van der Waals surface area contributed by atoms with E-state index in [0.717, 1.165) is 6.54 Å². The molecule has 0 fully saturated rings. The average molecular weight is 209 g/mol. The van der Waals surface area contributed by atoms with Crippen molar-refractivity contribution in [1.82, 2.24) is 20.2 Å². The van der Waals surface area contributed by atoms with Gasteiger partial charge in [-0.15, -0.1) is 11.3 Å². The van der Waals surface area contributed by atoms with Crippen molar-refractivity contribution in [3.63, 3.8) is 0 Å². The minimum absolute atomic E-state index is 0.692. The van der Waals surface area contributed by atoms with Crippen LogP contribution < -0.4 is 5.32 Å². The Kier molecular flexibility index (Phi) is 2.45. The largest absolute Gasteiger partial charge is 0.348 e. The van der Waals surface area contributed by atoms with Crippen LogP contribution in [0.4, 0.5) is 5.95 Å². The van der Waals surface area contributed by atoms with E-state index in [1.54, 1.807) is 16.0 Å². The number of hydrogen-bond donors (Lipinski definition) is 1. The van der Waals surface area contributed by atoms with E-state index >= 15 is 0 Å². The number of nitrogens with zero attached hydrogens (tertiary/aromatic N) is 4. The van der Waals surface area contributed by atoms with Gasteiger partial charge in [0.05, 0.1) is 6.54 Å². The number of hydrogen-bond acceptors (Lipinski definition) is 5. The molecule has 0 radical (unpaired) electrons. The first-order chi connectivity index (χ1) is 6.77. The van der Waals surface area contributed by atoms with Crippen LogP contribution in [-0.2, 0) is 13.6 Å². The molecule has 0 aliphatic heterocycles. The molecule has 0 saturated carbocycles. The highest BCUT2D eigenvalue weighted by molar-refractivity contribution is 7.10. The van der Waals surface area contributed by atoms with E-state index in [1.165, 1.54) is 10.4 Å². The van der Waals surface area contributed by atoms with E-state index in [9.17, 15) is 0 Å². The van der Waals surface area contributed by atoms with Crippen molar-refractivity contribution in [2.24, 2.45) is 7.05 Å². The molecule has 1 N–H and O–H groups in total. The number of rotatable bonds is 3. The van der Waals surface area contributed by atoms with Crippen molar-refractivity contribution in [3.8, 4) is 0 Å². The van der Waals surface area contributed by atoms with Gasteiger partial charge in [-0.2, -0.15) is 0 Å². The van der Waals surface area contributed by atoms with Crippen LogP contribution in [0, 0.1) is 6.92 Å². The number of thiophene rings is 1. The summed E-state index contributed by atoms with van der Waals surface area (Å²) >= 11 is 1.74. The molecule has 74 valence electrons. The van der Waals surface area contributed by atoms with Gasteiger partial charge in [0.25, 0.3) is 0 Å². The van der Waals surface area contributed by atoms with E-state index in [4.69, 9.17) is 0 Å². The van der Waals surface area contributed by atoms with Crippen LogP contribution >= 0.6 is 11.3 Å². The Balaban J connectivity index is 2.02. The predicted molar refractivity (Wildman–Crippen MR) is 55.2 cm³/mol. The Hall–Kier alpha value is -1.43. The minimum atomic E-state index is 0.692. The molecule has 5 nitrogen and oxygen atoms in total. The summed E-state index contributed by atoms with van der Waals surface area (Å²) < 4.78 is 1.61. The first-order valence-corrected chi connectivity index (χ1v) is 5.14. The molecule has 2 rings (SSSR count). The zero-order chi connectivity index (χ0) is 9.97. The third-order valence-electron chi connectivity index (χ3n) is 2.00. The Labute approximate surface area is 85.8 Å². The van der Waals surface area contributed by atoms with Crippen molar-refractivity contribution in [2.75, 3.05) is 5.32 Å². The predicted octanol–water partition coefficient (Wildman–Crippen LogP) is 1.19. The van der Waals surface area contributed by atoms with Crippen LogP contribution in [0.15, 0.2) is 11.4 Å². The van der Waals surface area contributed by atoms with E-state index in [-0.39, 0.29) is 0 Å². The second kappa shape index (κ2) is 3.75. The van der Waals surface area contributed by atoms with E-state index in [1.807, 2.05) is 7.05 Å². The molecule has 0 amide bonds. The van der Waals surface area contributed by atoms with Gasteiger partial charge < -0.3 is 5.32 Å². The van der Waals surface area contributed by atoms with Crippen molar-refractivity contribution in [2.45, 2.75) is 13.5 Å². The smallest absolute Gasteiger partial charge is 0.242 e. The number of aryl methyl sites for hydroxylation is 2. The molecule has 0 aromatic carbocycles. The van der Waals surface area contributed by atoms with Crippen molar-refractivity contribution in [3.05, 3.63) is 21.9 Å². The molecule has 14 heavy (non-hydrogen) atoms. The summed E-state index contributed by atoms with van der Waals surface area (Å²) in [6, 6.07) is 2.11. The fourth-order valence-electron chi connectivity index (χ4n) is 1.12. The van der Waals surface area contributed by atoms with Crippen molar-refractivity contribution >= 4 is 17.3 Å². The van der Waals surface area contributed by atoms with Gasteiger partial charge in [-0.1, -0.05) is 5.10 Å². The lowest BCUT2D eigenvalue weighted by atomic mass is 10.3. The van der Waals surface area contributed by atoms with Crippen LogP contribution in [0.2, 0.25) is 0 Å². The third-order valence-corrected chi connectivity index (χ3v) is 3.02. The molecule has 2 aromatic heterocycles. The van der Waals surface area contributed by atoms with Gasteiger partial charge in [-0.3, -0.25) is 0 Å². The summed E-state index contributed by atoms with van der Waals surface area (Å²) in [4.78, 5) is 1.31. The Morgan fingerprint density at radius 2 is 2.43 bits per heavy atom. The molecule has 0 spiro atoms. The second-order valence-corrected chi connectivity index (χ2v) is 4.01. The Morgan fingerprint density at radius 1 is 1.57 bits per heavy atom. The highest BCUT2D eigenvalue weighted by atomic mass is 32.1. The number of anilines is 1. The number of aromatic nitrogens is 4. The maximum atomic E-state index is 3.84. The van der Waals surface area contributed by atoms with Gasteiger partial charge in [0.15, 0.2) is 0 Å². The van der Waals surface area contributed by atoms with E-state index < -0.39 is 0 Å². The summed E-state index contributed by atoms with van der Waals surface area (Å²) in [5.74, 6) is 0.692. The molecule has 6 heteroatoms. The monoisotopic (exact) mass is 209 g/mol. The molecule has 0 atom stereocenters. The summed E-state index contributed by atoms with van der Waals surface area (Å²) in [5.41, 5.74) is 1.30. The third kappa shape index (κ3) is 1.74. The molecular formula is C8H11N5S. The summed E-state index contributed by atoms with van der Waals surface area (Å²) in [7, 11) is 1.81. The maximum absolute atomic E-state index is 3.84. The Morgan fingerprint density at radius 3 is 3.00 bits per heavy atom. The lowest BCUT2D eigenvalue weighted by Crippen LogP contribution is -2.05.